The molecule has 1 aromatic heterocycles. The Labute approximate surface area is 237 Å². The van der Waals surface area contributed by atoms with Crippen LogP contribution in [0.15, 0.2) is 79.0 Å². The van der Waals surface area contributed by atoms with Crippen LogP contribution in [0.3, 0.4) is 0 Å². The molecule has 210 valence electrons. The number of carbonyl (C=O) groups is 2. The van der Waals surface area contributed by atoms with Crippen molar-refractivity contribution in [2.24, 2.45) is 5.92 Å². The number of rotatable bonds is 8. The number of H-pyrrole nitrogens is 1. The molecule has 4 aromatic rings. The molecule has 0 spiro atoms. The number of carbonyl (C=O) groups excluding carboxylic acids is 1. The van der Waals surface area contributed by atoms with E-state index in [9.17, 15) is 24.8 Å². The van der Waals surface area contributed by atoms with Crippen LogP contribution in [0.4, 0.5) is 10.5 Å². The highest BCUT2D eigenvalue weighted by Gasteiger charge is 2.37. The Balaban J connectivity index is 1.46. The number of aromatic amines is 1. The first-order valence-corrected chi connectivity index (χ1v) is 13.5. The lowest BCUT2D eigenvalue weighted by molar-refractivity contribution is -0.384. The zero-order valence-corrected chi connectivity index (χ0v) is 22.8. The first kappa shape index (κ1) is 27.6. The lowest BCUT2D eigenvalue weighted by Gasteiger charge is -2.29. The van der Waals surface area contributed by atoms with E-state index < -0.39 is 12.1 Å². The number of nitrogens with one attached hydrogen (secondary N) is 2. The minimum atomic E-state index is -1.24. The Morgan fingerprint density at radius 3 is 2.46 bits per heavy atom. The van der Waals surface area contributed by atoms with E-state index in [2.05, 4.69) is 15.3 Å². The second kappa shape index (κ2) is 11.6. The van der Waals surface area contributed by atoms with Gasteiger partial charge in [-0.05, 0) is 53.6 Å². The van der Waals surface area contributed by atoms with Gasteiger partial charge in [0.2, 0.25) is 5.91 Å². The van der Waals surface area contributed by atoms with Gasteiger partial charge < -0.3 is 20.3 Å². The number of likely N-dealkylation sites (tertiary alicyclic amines) is 1. The van der Waals surface area contributed by atoms with Crippen molar-refractivity contribution in [3.05, 3.63) is 94.9 Å². The molecule has 1 saturated heterocycles. The number of nitro benzene ring substituents is 1. The number of hydrogen-bond acceptors (Lipinski definition) is 5. The van der Waals surface area contributed by atoms with E-state index in [-0.39, 0.29) is 28.5 Å². The molecule has 2 heterocycles. The standard InChI is InChI=1S/C31H31N5O5/c1-19(2)28(34-31(38)39)30(37)35-15-7-12-27(35)29-32-18-25(33-29)23-13-14-26(36(40)41)24(17-23)22-11-6-10-21(16-22)20-8-4-3-5-9-20/h3-6,8-11,13-14,16-19,27-28,34H,7,12,15H2,1-2H3,(H,32,33)(H,38,39)/t27-,28-/m0/s1. The molecule has 0 saturated carbocycles. The number of amides is 2. The van der Waals surface area contributed by atoms with Gasteiger partial charge in [0.05, 0.1) is 28.4 Å². The van der Waals surface area contributed by atoms with E-state index in [4.69, 9.17) is 0 Å². The fourth-order valence-electron chi connectivity index (χ4n) is 5.38. The van der Waals surface area contributed by atoms with Crippen LogP contribution < -0.4 is 5.32 Å². The quantitative estimate of drug-likeness (QED) is 0.173. The molecule has 0 bridgehead atoms. The Hall–Kier alpha value is -4.99. The van der Waals surface area contributed by atoms with E-state index in [0.29, 0.717) is 30.0 Å². The molecule has 2 amide bonds. The Morgan fingerprint density at radius 2 is 1.76 bits per heavy atom. The first-order chi connectivity index (χ1) is 19.7. The average molecular weight is 554 g/mol. The fraction of sp³-hybridized carbons (Fsp3) is 0.258. The van der Waals surface area contributed by atoms with Crippen molar-refractivity contribution in [3.63, 3.8) is 0 Å². The number of nitrogens with zero attached hydrogens (tertiary/aromatic N) is 3. The molecule has 10 nitrogen and oxygen atoms in total. The van der Waals surface area contributed by atoms with Gasteiger partial charge in [-0.3, -0.25) is 14.9 Å². The summed E-state index contributed by atoms with van der Waals surface area (Å²) >= 11 is 0. The smallest absolute Gasteiger partial charge is 0.405 e. The largest absolute Gasteiger partial charge is 0.465 e. The van der Waals surface area contributed by atoms with Gasteiger partial charge in [-0.1, -0.05) is 62.4 Å². The van der Waals surface area contributed by atoms with Gasteiger partial charge in [0.15, 0.2) is 0 Å². The van der Waals surface area contributed by atoms with Crippen molar-refractivity contribution in [3.8, 4) is 33.5 Å². The maximum Gasteiger partial charge on any atom is 0.405 e. The van der Waals surface area contributed by atoms with Gasteiger partial charge in [-0.15, -0.1) is 0 Å². The Morgan fingerprint density at radius 1 is 1.02 bits per heavy atom. The lowest BCUT2D eigenvalue weighted by Crippen LogP contribution is -2.50. The van der Waals surface area contributed by atoms with Crippen LogP contribution in [-0.4, -0.2) is 49.5 Å². The zero-order chi connectivity index (χ0) is 29.1. The number of aromatic nitrogens is 2. The fourth-order valence-corrected chi connectivity index (χ4v) is 5.38. The monoisotopic (exact) mass is 553 g/mol. The summed E-state index contributed by atoms with van der Waals surface area (Å²) in [6.45, 7) is 4.11. The van der Waals surface area contributed by atoms with Crippen LogP contribution in [0.25, 0.3) is 33.5 Å². The van der Waals surface area contributed by atoms with Crippen LogP contribution in [0, 0.1) is 16.0 Å². The molecule has 41 heavy (non-hydrogen) atoms. The van der Waals surface area contributed by atoms with Crippen LogP contribution in [0.1, 0.15) is 38.6 Å². The second-order valence-electron chi connectivity index (χ2n) is 10.5. The summed E-state index contributed by atoms with van der Waals surface area (Å²) in [4.78, 5) is 45.7. The third kappa shape index (κ3) is 5.81. The molecule has 5 rings (SSSR count). The lowest BCUT2D eigenvalue weighted by atomic mass is 9.96. The van der Waals surface area contributed by atoms with Crippen molar-refractivity contribution in [2.45, 2.75) is 38.8 Å². The SMILES string of the molecule is CC(C)[C@H](NC(=O)O)C(=O)N1CCC[C@H]1c1ncc(-c2ccc([N+](=O)[O-])c(-c3cccc(-c4ccccc4)c3)c2)[nH]1. The van der Waals surface area contributed by atoms with E-state index in [1.807, 2.05) is 54.6 Å². The highest BCUT2D eigenvalue weighted by molar-refractivity contribution is 5.86. The second-order valence-corrected chi connectivity index (χ2v) is 10.5. The molecular formula is C31H31N5O5. The molecule has 2 atom stereocenters. The van der Waals surface area contributed by atoms with Gasteiger partial charge in [0.1, 0.15) is 11.9 Å². The number of carboxylic acid groups (broad SMARTS) is 1. The predicted octanol–water partition coefficient (Wildman–Crippen LogP) is 6.27. The van der Waals surface area contributed by atoms with Crippen molar-refractivity contribution < 1.29 is 19.6 Å². The van der Waals surface area contributed by atoms with Crippen LogP contribution in [0.2, 0.25) is 0 Å². The molecule has 0 aliphatic carbocycles. The van der Waals surface area contributed by atoms with Crippen LogP contribution in [-0.2, 0) is 4.79 Å². The normalized spacial score (nSPS) is 15.6. The number of benzene rings is 3. The van der Waals surface area contributed by atoms with Gasteiger partial charge in [-0.25, -0.2) is 9.78 Å². The van der Waals surface area contributed by atoms with E-state index >= 15 is 0 Å². The summed E-state index contributed by atoms with van der Waals surface area (Å²) in [6, 6.07) is 21.3. The van der Waals surface area contributed by atoms with E-state index in [0.717, 1.165) is 28.7 Å². The summed E-state index contributed by atoms with van der Waals surface area (Å²) < 4.78 is 0. The highest BCUT2D eigenvalue weighted by atomic mass is 16.6. The third-order valence-corrected chi connectivity index (χ3v) is 7.44. The van der Waals surface area contributed by atoms with E-state index in [1.165, 1.54) is 6.07 Å². The molecule has 0 unspecified atom stereocenters. The molecule has 3 N–H and O–H groups in total. The minimum absolute atomic E-state index is 0.00285. The Bertz CT molecular complexity index is 1580. The van der Waals surface area contributed by atoms with Gasteiger partial charge in [0, 0.05) is 18.2 Å². The summed E-state index contributed by atoms with van der Waals surface area (Å²) in [5.41, 5.74) is 4.56. The van der Waals surface area contributed by atoms with Crippen molar-refractivity contribution in [2.75, 3.05) is 6.54 Å². The topological polar surface area (TPSA) is 141 Å². The molecule has 1 fully saturated rings. The van der Waals surface area contributed by atoms with Crippen LogP contribution >= 0.6 is 0 Å². The number of nitro groups is 1. The van der Waals surface area contributed by atoms with Crippen molar-refractivity contribution in [1.82, 2.24) is 20.2 Å². The number of hydrogen-bond donors (Lipinski definition) is 3. The summed E-state index contributed by atoms with van der Waals surface area (Å²) in [6.07, 6.45) is 1.88. The zero-order valence-electron chi connectivity index (χ0n) is 22.8. The van der Waals surface area contributed by atoms with Crippen LogP contribution in [0.5, 0.6) is 0 Å². The molecule has 1 aliphatic rings. The van der Waals surface area contributed by atoms with Gasteiger partial charge in [-0.2, -0.15) is 0 Å². The van der Waals surface area contributed by atoms with Gasteiger partial charge >= 0.3 is 6.09 Å². The maximum atomic E-state index is 13.3. The molecule has 1 aliphatic heterocycles. The molecular weight excluding hydrogens is 522 g/mol. The first-order valence-electron chi connectivity index (χ1n) is 13.5. The summed E-state index contributed by atoms with van der Waals surface area (Å²) in [7, 11) is 0. The third-order valence-electron chi connectivity index (χ3n) is 7.44. The van der Waals surface area contributed by atoms with E-state index in [1.54, 1.807) is 37.1 Å². The average Bonchev–Trinajstić information content (AvgIpc) is 3.66. The number of imidazole rings is 1. The Kier molecular flexibility index (Phi) is 7.82. The maximum absolute atomic E-state index is 13.3. The summed E-state index contributed by atoms with van der Waals surface area (Å²) in [5.74, 6) is 0.0966. The predicted molar refractivity (Wildman–Crippen MR) is 155 cm³/mol. The van der Waals surface area contributed by atoms with Crippen molar-refractivity contribution >= 4 is 17.7 Å². The van der Waals surface area contributed by atoms with Crippen molar-refractivity contribution in [1.29, 1.82) is 0 Å². The highest BCUT2D eigenvalue weighted by Crippen LogP contribution is 2.37. The molecule has 0 radical (unpaired) electrons. The minimum Gasteiger partial charge on any atom is -0.465 e. The molecule has 10 heteroatoms. The molecule has 3 aromatic carbocycles. The van der Waals surface area contributed by atoms with Gasteiger partial charge in [0.25, 0.3) is 5.69 Å². The summed E-state index contributed by atoms with van der Waals surface area (Å²) in [5, 5.41) is 23.5.